The molecule has 0 amide bonds. The summed E-state index contributed by atoms with van der Waals surface area (Å²) in [4.78, 5) is 2.83. The summed E-state index contributed by atoms with van der Waals surface area (Å²) in [6.45, 7) is 8.51. The van der Waals surface area contributed by atoms with E-state index in [4.69, 9.17) is 0 Å². The molecule has 0 aromatic heterocycles. The Balaban J connectivity index is 2.00. The van der Waals surface area contributed by atoms with Crippen molar-refractivity contribution in [3.05, 3.63) is 0 Å². The molecule has 3 heteroatoms. The Morgan fingerprint density at radius 2 is 1.85 bits per heavy atom. The van der Waals surface area contributed by atoms with Crippen LogP contribution < -0.4 is 5.32 Å². The molecule has 118 valence electrons. The minimum atomic E-state index is 0.418. The molecular weight excluding hydrogens is 264 g/mol. The third-order valence-electron chi connectivity index (χ3n) is 5.88. The molecule has 0 spiro atoms. The van der Waals surface area contributed by atoms with Gasteiger partial charge in [0.2, 0.25) is 0 Å². The molecule has 1 saturated carbocycles. The maximum absolute atomic E-state index is 3.94. The molecule has 1 aliphatic carbocycles. The van der Waals surface area contributed by atoms with E-state index in [9.17, 15) is 0 Å². The molecule has 2 fully saturated rings. The molecular formula is C17H34N2S. The normalized spacial score (nSPS) is 28.6. The molecule has 1 saturated heterocycles. The van der Waals surface area contributed by atoms with Crippen molar-refractivity contribution in [2.24, 2.45) is 5.92 Å². The van der Waals surface area contributed by atoms with Gasteiger partial charge in [-0.2, -0.15) is 11.8 Å². The summed E-state index contributed by atoms with van der Waals surface area (Å²) in [6, 6.07) is 0.753. The Morgan fingerprint density at radius 1 is 1.15 bits per heavy atom. The molecule has 0 aromatic rings. The second-order valence-electron chi connectivity index (χ2n) is 6.76. The average Bonchev–Trinajstić information content (AvgIpc) is 2.53. The molecule has 1 atom stereocenters. The number of nitrogens with zero attached hydrogens (tertiary/aromatic N) is 1. The van der Waals surface area contributed by atoms with E-state index in [0.717, 1.165) is 12.0 Å². The van der Waals surface area contributed by atoms with Crippen molar-refractivity contribution in [3.8, 4) is 0 Å². The van der Waals surface area contributed by atoms with E-state index in [1.165, 1.54) is 70.3 Å². The first-order valence-electron chi connectivity index (χ1n) is 8.73. The van der Waals surface area contributed by atoms with Gasteiger partial charge in [0.15, 0.2) is 0 Å². The Labute approximate surface area is 130 Å². The summed E-state index contributed by atoms with van der Waals surface area (Å²) in [5, 5.41) is 3.94. The zero-order valence-electron chi connectivity index (χ0n) is 13.8. The van der Waals surface area contributed by atoms with Gasteiger partial charge in [0, 0.05) is 37.0 Å². The Morgan fingerprint density at radius 3 is 2.45 bits per heavy atom. The van der Waals surface area contributed by atoms with Crippen LogP contribution in [0.25, 0.3) is 0 Å². The number of nitrogens with one attached hydrogen (secondary N) is 1. The van der Waals surface area contributed by atoms with E-state index in [2.05, 4.69) is 30.3 Å². The van der Waals surface area contributed by atoms with Crippen LogP contribution in [0.5, 0.6) is 0 Å². The lowest BCUT2D eigenvalue weighted by Gasteiger charge is -2.51. The van der Waals surface area contributed by atoms with Crippen molar-refractivity contribution < 1.29 is 0 Å². The second-order valence-corrected chi connectivity index (χ2v) is 7.74. The van der Waals surface area contributed by atoms with E-state index in [-0.39, 0.29) is 0 Å². The first kappa shape index (κ1) is 16.6. The van der Waals surface area contributed by atoms with Crippen molar-refractivity contribution in [1.82, 2.24) is 10.2 Å². The van der Waals surface area contributed by atoms with Gasteiger partial charge in [-0.1, -0.05) is 33.1 Å². The van der Waals surface area contributed by atoms with Gasteiger partial charge < -0.3 is 5.32 Å². The molecule has 1 unspecified atom stereocenters. The van der Waals surface area contributed by atoms with Crippen LogP contribution in [-0.4, -0.2) is 48.1 Å². The molecule has 2 aliphatic rings. The van der Waals surface area contributed by atoms with E-state index >= 15 is 0 Å². The van der Waals surface area contributed by atoms with Crippen molar-refractivity contribution in [3.63, 3.8) is 0 Å². The van der Waals surface area contributed by atoms with Crippen LogP contribution in [0.15, 0.2) is 0 Å². The number of rotatable bonds is 6. The van der Waals surface area contributed by atoms with E-state index in [0.29, 0.717) is 5.54 Å². The Hall–Kier alpha value is 0.270. The Bertz CT molecular complexity index is 272. The lowest BCUT2D eigenvalue weighted by atomic mass is 9.79. The van der Waals surface area contributed by atoms with Gasteiger partial charge in [-0.05, 0) is 37.9 Å². The van der Waals surface area contributed by atoms with Gasteiger partial charge in [0.1, 0.15) is 0 Å². The van der Waals surface area contributed by atoms with Crippen LogP contribution >= 0.6 is 11.8 Å². The molecule has 2 rings (SSSR count). The summed E-state index contributed by atoms with van der Waals surface area (Å²) in [6.07, 6.45) is 12.1. The highest BCUT2D eigenvalue weighted by Crippen LogP contribution is 2.33. The zero-order chi connectivity index (χ0) is 14.4. The van der Waals surface area contributed by atoms with Crippen LogP contribution in [0.4, 0.5) is 0 Å². The lowest BCUT2D eigenvalue weighted by Crippen LogP contribution is -2.66. The smallest absolute Gasteiger partial charge is 0.0329 e. The average molecular weight is 299 g/mol. The van der Waals surface area contributed by atoms with Crippen LogP contribution in [0.3, 0.4) is 0 Å². The first-order valence-corrected chi connectivity index (χ1v) is 10.1. The fourth-order valence-electron chi connectivity index (χ4n) is 4.26. The van der Waals surface area contributed by atoms with Gasteiger partial charge in [-0.3, -0.25) is 4.90 Å². The number of thioether (sulfide) groups is 1. The fourth-order valence-corrected chi connectivity index (χ4v) is 4.66. The molecule has 2 nitrogen and oxygen atoms in total. The lowest BCUT2D eigenvalue weighted by molar-refractivity contribution is 0.0198. The molecule has 1 heterocycles. The standard InChI is InChI=1S/C17H34N2S/c1-4-17(5-2)14-18-16(13-19(17)11-12-20-3)15-9-7-6-8-10-15/h15-16,18H,4-14H2,1-3H3. The Kier molecular flexibility index (Phi) is 6.70. The minimum absolute atomic E-state index is 0.418. The molecule has 1 N–H and O–H groups in total. The third kappa shape index (κ3) is 3.72. The predicted octanol–water partition coefficient (Wildman–Crippen LogP) is 3.76. The molecule has 20 heavy (non-hydrogen) atoms. The predicted molar refractivity (Wildman–Crippen MR) is 91.6 cm³/mol. The number of hydrogen-bond acceptors (Lipinski definition) is 3. The maximum Gasteiger partial charge on any atom is 0.0329 e. The SMILES string of the molecule is CCC1(CC)CNC(C2CCCCC2)CN1CCSC. The number of hydrogen-bond donors (Lipinski definition) is 1. The summed E-state index contributed by atoms with van der Waals surface area (Å²) >= 11 is 1.99. The van der Waals surface area contributed by atoms with Crippen molar-refractivity contribution >= 4 is 11.8 Å². The summed E-state index contributed by atoms with van der Waals surface area (Å²) in [5.41, 5.74) is 0.418. The highest BCUT2D eigenvalue weighted by molar-refractivity contribution is 7.98. The number of piperazine rings is 1. The summed E-state index contributed by atoms with van der Waals surface area (Å²) < 4.78 is 0. The van der Waals surface area contributed by atoms with Gasteiger partial charge in [0.05, 0.1) is 0 Å². The van der Waals surface area contributed by atoms with Gasteiger partial charge in [-0.15, -0.1) is 0 Å². The fraction of sp³-hybridized carbons (Fsp3) is 1.00. The molecule has 0 aromatic carbocycles. The molecule has 1 aliphatic heterocycles. The quantitative estimate of drug-likeness (QED) is 0.804. The van der Waals surface area contributed by atoms with Gasteiger partial charge in [-0.25, -0.2) is 0 Å². The van der Waals surface area contributed by atoms with Crippen LogP contribution in [-0.2, 0) is 0 Å². The monoisotopic (exact) mass is 298 g/mol. The third-order valence-corrected chi connectivity index (χ3v) is 6.47. The van der Waals surface area contributed by atoms with Crippen LogP contribution in [0.2, 0.25) is 0 Å². The van der Waals surface area contributed by atoms with Gasteiger partial charge >= 0.3 is 0 Å². The molecule has 0 radical (unpaired) electrons. The van der Waals surface area contributed by atoms with Gasteiger partial charge in [0.25, 0.3) is 0 Å². The van der Waals surface area contributed by atoms with Crippen LogP contribution in [0, 0.1) is 5.92 Å². The van der Waals surface area contributed by atoms with E-state index in [1.54, 1.807) is 0 Å². The highest BCUT2D eigenvalue weighted by Gasteiger charge is 2.40. The minimum Gasteiger partial charge on any atom is -0.311 e. The second kappa shape index (κ2) is 8.05. The van der Waals surface area contributed by atoms with Crippen LogP contribution in [0.1, 0.15) is 58.8 Å². The van der Waals surface area contributed by atoms with Crippen molar-refractivity contribution in [1.29, 1.82) is 0 Å². The maximum atomic E-state index is 3.94. The topological polar surface area (TPSA) is 15.3 Å². The van der Waals surface area contributed by atoms with E-state index < -0.39 is 0 Å². The van der Waals surface area contributed by atoms with Crippen molar-refractivity contribution in [2.75, 3.05) is 31.6 Å². The highest BCUT2D eigenvalue weighted by atomic mass is 32.2. The van der Waals surface area contributed by atoms with E-state index in [1.807, 2.05) is 11.8 Å². The summed E-state index contributed by atoms with van der Waals surface area (Å²) in [5.74, 6) is 2.21. The first-order chi connectivity index (χ1) is 9.75. The molecule has 0 bridgehead atoms. The summed E-state index contributed by atoms with van der Waals surface area (Å²) in [7, 11) is 0. The largest absolute Gasteiger partial charge is 0.311 e. The van der Waals surface area contributed by atoms with Crippen molar-refractivity contribution in [2.45, 2.75) is 70.4 Å². The zero-order valence-corrected chi connectivity index (χ0v) is 14.6.